The standard InChI is InChI=1S/C12H15FN4/c13-9-6-3-7-10-11(9)15-12(16-14)17(10)8-4-1-2-5-8/h3,6-8H,1-2,4-5,14H2,(H,15,16). The summed E-state index contributed by atoms with van der Waals surface area (Å²) in [6, 6.07) is 5.41. The van der Waals surface area contributed by atoms with Crippen LogP contribution in [0.15, 0.2) is 18.2 Å². The average Bonchev–Trinajstić information content (AvgIpc) is 2.94. The third-order valence-corrected chi connectivity index (χ3v) is 3.49. The third kappa shape index (κ3) is 1.58. The first-order valence-electron chi connectivity index (χ1n) is 5.94. The minimum atomic E-state index is -0.296. The first kappa shape index (κ1) is 10.5. The van der Waals surface area contributed by atoms with E-state index in [2.05, 4.69) is 10.4 Å². The lowest BCUT2D eigenvalue weighted by molar-refractivity contribution is 0.537. The zero-order chi connectivity index (χ0) is 11.8. The van der Waals surface area contributed by atoms with Crippen LogP contribution in [0.2, 0.25) is 0 Å². The number of hydrazine groups is 1. The molecule has 0 unspecified atom stereocenters. The number of halogens is 1. The number of imidazole rings is 1. The number of nitrogens with one attached hydrogen (secondary N) is 1. The van der Waals surface area contributed by atoms with E-state index in [1.165, 1.54) is 18.9 Å². The van der Waals surface area contributed by atoms with Gasteiger partial charge in [0.15, 0.2) is 5.82 Å². The maximum absolute atomic E-state index is 13.7. The van der Waals surface area contributed by atoms with Gasteiger partial charge in [0.1, 0.15) is 5.52 Å². The van der Waals surface area contributed by atoms with Crippen molar-refractivity contribution in [2.45, 2.75) is 31.7 Å². The van der Waals surface area contributed by atoms with Crippen molar-refractivity contribution in [1.29, 1.82) is 0 Å². The quantitative estimate of drug-likeness (QED) is 0.620. The average molecular weight is 234 g/mol. The molecular formula is C12H15FN4. The Balaban J connectivity index is 2.22. The molecule has 90 valence electrons. The Morgan fingerprint density at radius 1 is 1.35 bits per heavy atom. The Morgan fingerprint density at radius 2 is 2.12 bits per heavy atom. The summed E-state index contributed by atoms with van der Waals surface area (Å²) in [5, 5.41) is 0. The molecule has 1 heterocycles. The van der Waals surface area contributed by atoms with E-state index in [4.69, 9.17) is 5.84 Å². The molecule has 1 aromatic heterocycles. The number of hydrogen-bond acceptors (Lipinski definition) is 3. The van der Waals surface area contributed by atoms with Gasteiger partial charge in [-0.2, -0.15) is 0 Å². The van der Waals surface area contributed by atoms with Crippen molar-refractivity contribution in [2.24, 2.45) is 5.84 Å². The molecular weight excluding hydrogens is 219 g/mol. The summed E-state index contributed by atoms with van der Waals surface area (Å²) in [5.74, 6) is 5.73. The van der Waals surface area contributed by atoms with Crippen LogP contribution < -0.4 is 11.3 Å². The summed E-state index contributed by atoms with van der Waals surface area (Å²) < 4.78 is 15.7. The van der Waals surface area contributed by atoms with Gasteiger partial charge in [0.25, 0.3) is 0 Å². The third-order valence-electron chi connectivity index (χ3n) is 3.49. The van der Waals surface area contributed by atoms with Gasteiger partial charge in [-0.15, -0.1) is 0 Å². The smallest absolute Gasteiger partial charge is 0.218 e. The van der Waals surface area contributed by atoms with Gasteiger partial charge in [-0.25, -0.2) is 15.2 Å². The minimum absolute atomic E-state index is 0.296. The number of nitrogen functional groups attached to an aromatic ring is 1. The number of nitrogens with two attached hydrogens (primary N) is 1. The van der Waals surface area contributed by atoms with Crippen molar-refractivity contribution in [3.63, 3.8) is 0 Å². The largest absolute Gasteiger partial charge is 0.306 e. The van der Waals surface area contributed by atoms with E-state index in [1.54, 1.807) is 6.07 Å². The first-order valence-corrected chi connectivity index (χ1v) is 5.94. The lowest BCUT2D eigenvalue weighted by Crippen LogP contribution is -2.15. The van der Waals surface area contributed by atoms with E-state index in [1.807, 2.05) is 10.6 Å². The van der Waals surface area contributed by atoms with E-state index in [0.29, 0.717) is 17.5 Å². The van der Waals surface area contributed by atoms with Crippen molar-refractivity contribution < 1.29 is 4.39 Å². The van der Waals surface area contributed by atoms with E-state index >= 15 is 0 Å². The van der Waals surface area contributed by atoms with Gasteiger partial charge < -0.3 is 4.57 Å². The van der Waals surface area contributed by atoms with Crippen LogP contribution in [0.1, 0.15) is 31.7 Å². The topological polar surface area (TPSA) is 55.9 Å². The van der Waals surface area contributed by atoms with Crippen molar-refractivity contribution in [1.82, 2.24) is 9.55 Å². The van der Waals surface area contributed by atoms with Crippen molar-refractivity contribution >= 4 is 17.0 Å². The van der Waals surface area contributed by atoms with E-state index in [0.717, 1.165) is 18.4 Å². The number of anilines is 1. The number of fused-ring (bicyclic) bond motifs is 1. The van der Waals surface area contributed by atoms with Gasteiger partial charge in [0.05, 0.1) is 5.52 Å². The number of hydrogen-bond donors (Lipinski definition) is 2. The summed E-state index contributed by atoms with van der Waals surface area (Å²) >= 11 is 0. The van der Waals surface area contributed by atoms with Crippen molar-refractivity contribution in [3.8, 4) is 0 Å². The molecule has 1 aliphatic rings. The molecule has 0 aliphatic heterocycles. The maximum atomic E-state index is 13.7. The van der Waals surface area contributed by atoms with Crippen molar-refractivity contribution in [2.75, 3.05) is 5.43 Å². The second kappa shape index (κ2) is 4.00. The monoisotopic (exact) mass is 234 g/mol. The lowest BCUT2D eigenvalue weighted by atomic mass is 10.2. The molecule has 1 saturated carbocycles. The fraction of sp³-hybridized carbons (Fsp3) is 0.417. The molecule has 1 fully saturated rings. The van der Waals surface area contributed by atoms with Gasteiger partial charge in [-0.05, 0) is 25.0 Å². The zero-order valence-electron chi connectivity index (χ0n) is 9.49. The summed E-state index contributed by atoms with van der Waals surface area (Å²) in [7, 11) is 0. The molecule has 4 nitrogen and oxygen atoms in total. The Hall–Kier alpha value is -1.62. The molecule has 3 N–H and O–H groups in total. The van der Waals surface area contributed by atoms with Crippen LogP contribution in [-0.4, -0.2) is 9.55 Å². The van der Waals surface area contributed by atoms with Crippen molar-refractivity contribution in [3.05, 3.63) is 24.0 Å². The highest BCUT2D eigenvalue weighted by atomic mass is 19.1. The number of aromatic nitrogens is 2. The Morgan fingerprint density at radius 3 is 2.82 bits per heavy atom. The predicted molar refractivity (Wildman–Crippen MR) is 65.0 cm³/mol. The van der Waals surface area contributed by atoms with Gasteiger partial charge in [0, 0.05) is 6.04 Å². The first-order chi connectivity index (χ1) is 8.31. The lowest BCUT2D eigenvalue weighted by Gasteiger charge is -2.15. The molecule has 0 atom stereocenters. The van der Waals surface area contributed by atoms with Gasteiger partial charge >= 0.3 is 0 Å². The van der Waals surface area contributed by atoms with Crippen LogP contribution in [0.3, 0.4) is 0 Å². The number of benzene rings is 1. The normalized spacial score (nSPS) is 16.8. The summed E-state index contributed by atoms with van der Waals surface area (Å²) in [5.41, 5.74) is 3.79. The molecule has 0 saturated heterocycles. The SMILES string of the molecule is NNc1nc2c(F)cccc2n1C1CCCC1. The number of rotatable bonds is 2. The van der Waals surface area contributed by atoms with Crippen LogP contribution in [0.4, 0.5) is 10.3 Å². The highest BCUT2D eigenvalue weighted by molar-refractivity contribution is 5.79. The molecule has 5 heteroatoms. The van der Waals surface area contributed by atoms with E-state index in [9.17, 15) is 4.39 Å². The van der Waals surface area contributed by atoms with Crippen LogP contribution in [0.5, 0.6) is 0 Å². The van der Waals surface area contributed by atoms with Crippen LogP contribution in [0, 0.1) is 5.82 Å². The summed E-state index contributed by atoms with van der Waals surface area (Å²) in [6.07, 6.45) is 4.64. The zero-order valence-corrected chi connectivity index (χ0v) is 9.49. The predicted octanol–water partition coefficient (Wildman–Crippen LogP) is 2.58. The second-order valence-corrected chi connectivity index (χ2v) is 4.50. The van der Waals surface area contributed by atoms with Gasteiger partial charge in [-0.1, -0.05) is 18.9 Å². The molecule has 1 aliphatic carbocycles. The van der Waals surface area contributed by atoms with Gasteiger partial charge in [-0.3, -0.25) is 5.43 Å². The fourth-order valence-electron chi connectivity index (χ4n) is 2.72. The Labute approximate surface area is 98.6 Å². The molecule has 1 aromatic carbocycles. The van der Waals surface area contributed by atoms with E-state index < -0.39 is 0 Å². The van der Waals surface area contributed by atoms with Gasteiger partial charge in [0.2, 0.25) is 5.95 Å². The van der Waals surface area contributed by atoms with Crippen LogP contribution >= 0.6 is 0 Å². The summed E-state index contributed by atoms with van der Waals surface area (Å²) in [6.45, 7) is 0. The number of nitrogens with zero attached hydrogens (tertiary/aromatic N) is 2. The maximum Gasteiger partial charge on any atom is 0.218 e. The van der Waals surface area contributed by atoms with Crippen LogP contribution in [0.25, 0.3) is 11.0 Å². The minimum Gasteiger partial charge on any atom is -0.306 e. The highest BCUT2D eigenvalue weighted by Crippen LogP contribution is 2.35. The Kier molecular flexibility index (Phi) is 2.48. The molecule has 0 bridgehead atoms. The molecule has 3 rings (SSSR count). The highest BCUT2D eigenvalue weighted by Gasteiger charge is 2.23. The molecule has 0 radical (unpaired) electrons. The van der Waals surface area contributed by atoms with Crippen LogP contribution in [-0.2, 0) is 0 Å². The number of para-hydroxylation sites is 1. The molecule has 0 amide bonds. The molecule has 0 spiro atoms. The fourth-order valence-corrected chi connectivity index (χ4v) is 2.72. The molecule has 17 heavy (non-hydrogen) atoms. The van der Waals surface area contributed by atoms with E-state index in [-0.39, 0.29) is 5.82 Å². The second-order valence-electron chi connectivity index (χ2n) is 4.50. The Bertz CT molecular complexity index is 543. The summed E-state index contributed by atoms with van der Waals surface area (Å²) in [4.78, 5) is 4.23. The molecule has 2 aromatic rings.